The smallest absolute Gasteiger partial charge is 0.342 e. The average Bonchev–Trinajstić information content (AvgIpc) is 3.17. The molecule has 0 aromatic carbocycles. The fourth-order valence-electron chi connectivity index (χ4n) is 1.91. The van der Waals surface area contributed by atoms with Crippen molar-refractivity contribution < 1.29 is 28.9 Å². The van der Waals surface area contributed by atoms with Gasteiger partial charge in [-0.05, 0) is 12.1 Å². The highest BCUT2D eigenvalue weighted by Gasteiger charge is 2.25. The minimum absolute atomic E-state index is 0.428. The van der Waals surface area contributed by atoms with E-state index in [4.69, 9.17) is 19.3 Å². The molecule has 0 unspecified atom stereocenters. The summed E-state index contributed by atoms with van der Waals surface area (Å²) in [5.74, 6) is -1.84. The summed E-state index contributed by atoms with van der Waals surface area (Å²) in [6, 6.07) is 3.24. The highest BCUT2D eigenvalue weighted by Crippen LogP contribution is 2.19. The van der Waals surface area contributed by atoms with E-state index in [2.05, 4.69) is 9.97 Å². The van der Waals surface area contributed by atoms with Crippen LogP contribution in [0.3, 0.4) is 0 Å². The van der Waals surface area contributed by atoms with Crippen LogP contribution >= 0.6 is 0 Å². The van der Waals surface area contributed by atoms with Gasteiger partial charge in [-0.1, -0.05) is 0 Å². The van der Waals surface area contributed by atoms with E-state index in [1.54, 1.807) is 30.7 Å². The second-order valence-electron chi connectivity index (χ2n) is 4.37. The molecule has 0 bridgehead atoms. The van der Waals surface area contributed by atoms with Crippen molar-refractivity contribution >= 4 is 11.9 Å². The number of aliphatic carboxylic acids is 1. The van der Waals surface area contributed by atoms with Crippen LogP contribution < -0.4 is 0 Å². The van der Waals surface area contributed by atoms with Crippen LogP contribution in [0.15, 0.2) is 36.9 Å². The van der Waals surface area contributed by atoms with Crippen molar-refractivity contribution in [3.63, 3.8) is 0 Å². The molecule has 0 aliphatic heterocycles. The van der Waals surface area contributed by atoms with Gasteiger partial charge >= 0.3 is 11.9 Å². The number of carbonyl (C=O) groups is 2. The van der Waals surface area contributed by atoms with E-state index < -0.39 is 30.9 Å². The maximum atomic E-state index is 11.9. The Kier molecular flexibility index (Phi) is 5.34. The van der Waals surface area contributed by atoms with Crippen LogP contribution in [0.1, 0.15) is 23.3 Å². The Bertz CT molecular complexity index is 593. The number of methoxy groups -OCH3 is 1. The molecule has 3 N–H and O–H groups in total. The number of hydrogen-bond acceptors (Lipinski definition) is 5. The van der Waals surface area contributed by atoms with Gasteiger partial charge < -0.3 is 29.3 Å². The molecule has 2 aromatic rings. The van der Waals surface area contributed by atoms with E-state index in [9.17, 15) is 9.59 Å². The first-order valence-corrected chi connectivity index (χ1v) is 6.42. The van der Waals surface area contributed by atoms with Gasteiger partial charge in [0.2, 0.25) is 0 Å². The lowest BCUT2D eigenvalue weighted by Crippen LogP contribution is -2.22. The van der Waals surface area contributed by atoms with Gasteiger partial charge in [-0.25, -0.2) is 9.59 Å². The molecule has 2 rings (SSSR count). The van der Waals surface area contributed by atoms with Crippen LogP contribution in [0, 0.1) is 0 Å². The number of carboxylic acid groups (broad SMARTS) is 1. The predicted octanol–water partition coefficient (Wildman–Crippen LogP) is 1.37. The number of carboxylic acids is 1. The zero-order valence-corrected chi connectivity index (χ0v) is 11.8. The molecular weight excluding hydrogens is 292 g/mol. The van der Waals surface area contributed by atoms with Crippen LogP contribution in [-0.2, 0) is 23.8 Å². The molecule has 0 spiro atoms. The molecule has 0 saturated heterocycles. The van der Waals surface area contributed by atoms with Crippen molar-refractivity contribution in [2.24, 2.45) is 0 Å². The molecule has 0 radical (unpaired) electrons. The molecule has 0 aliphatic carbocycles. The third-order valence-corrected chi connectivity index (χ3v) is 2.96. The highest BCUT2D eigenvalue weighted by molar-refractivity contribution is 5.76. The quantitative estimate of drug-likeness (QED) is 0.501. The van der Waals surface area contributed by atoms with E-state index in [0.29, 0.717) is 11.1 Å². The molecule has 8 nitrogen and oxygen atoms in total. The van der Waals surface area contributed by atoms with Gasteiger partial charge in [0.1, 0.15) is 0 Å². The molecule has 0 fully saturated rings. The minimum Gasteiger partial charge on any atom is -0.479 e. The van der Waals surface area contributed by atoms with E-state index in [0.717, 1.165) is 0 Å². The first-order valence-electron chi connectivity index (χ1n) is 6.42. The Morgan fingerprint density at radius 2 is 1.73 bits per heavy atom. The zero-order valence-electron chi connectivity index (χ0n) is 11.8. The molecule has 8 heteroatoms. The monoisotopic (exact) mass is 308 g/mol. The topological polar surface area (TPSA) is 114 Å². The predicted molar refractivity (Wildman–Crippen MR) is 73.8 cm³/mol. The maximum absolute atomic E-state index is 11.9. The summed E-state index contributed by atoms with van der Waals surface area (Å²) in [6.45, 7) is -0.495. The lowest BCUT2D eigenvalue weighted by atomic mass is 10.2. The Morgan fingerprint density at radius 3 is 2.18 bits per heavy atom. The molecule has 118 valence electrons. The molecule has 22 heavy (non-hydrogen) atoms. The first kappa shape index (κ1) is 15.8. The van der Waals surface area contributed by atoms with Crippen LogP contribution in [0.25, 0.3) is 0 Å². The summed E-state index contributed by atoms with van der Waals surface area (Å²) in [4.78, 5) is 28.6. The third-order valence-electron chi connectivity index (χ3n) is 2.96. The molecule has 2 heterocycles. The second-order valence-corrected chi connectivity index (χ2v) is 4.37. The van der Waals surface area contributed by atoms with E-state index in [1.165, 1.54) is 13.3 Å². The largest absolute Gasteiger partial charge is 0.479 e. The average molecular weight is 308 g/mol. The SMILES string of the molecule is CO[C@@H](C(=O)OCO[C@H](C(=O)O)c1cc[nH]c1)c1cc[nH]c1. The zero-order chi connectivity index (χ0) is 15.9. The first-order chi connectivity index (χ1) is 10.6. The summed E-state index contributed by atoms with van der Waals surface area (Å²) >= 11 is 0. The lowest BCUT2D eigenvalue weighted by molar-refractivity contribution is -0.180. The maximum Gasteiger partial charge on any atom is 0.342 e. The number of esters is 1. The van der Waals surface area contributed by atoms with Crippen LogP contribution in [0.5, 0.6) is 0 Å². The van der Waals surface area contributed by atoms with Crippen molar-refractivity contribution in [3.8, 4) is 0 Å². The van der Waals surface area contributed by atoms with Gasteiger partial charge in [0.05, 0.1) is 0 Å². The lowest BCUT2D eigenvalue weighted by Gasteiger charge is -2.15. The number of nitrogens with one attached hydrogen (secondary N) is 2. The Morgan fingerprint density at radius 1 is 1.14 bits per heavy atom. The Balaban J connectivity index is 1.89. The summed E-state index contributed by atoms with van der Waals surface area (Å²) in [5.41, 5.74) is 1.03. The third kappa shape index (κ3) is 3.74. The summed E-state index contributed by atoms with van der Waals surface area (Å²) in [5, 5.41) is 9.11. The molecular formula is C14H16N2O6. The summed E-state index contributed by atoms with van der Waals surface area (Å²) in [6.07, 6.45) is 4.22. The molecule has 2 aromatic heterocycles. The molecule has 2 atom stereocenters. The second kappa shape index (κ2) is 7.43. The van der Waals surface area contributed by atoms with Gasteiger partial charge in [0.15, 0.2) is 19.0 Å². The number of carbonyl (C=O) groups excluding carboxylic acids is 1. The van der Waals surface area contributed by atoms with Crippen LogP contribution in [0.4, 0.5) is 0 Å². The number of aromatic nitrogens is 2. The van der Waals surface area contributed by atoms with Crippen molar-refractivity contribution in [1.82, 2.24) is 9.97 Å². The number of ether oxygens (including phenoxy) is 3. The van der Waals surface area contributed by atoms with E-state index >= 15 is 0 Å². The van der Waals surface area contributed by atoms with Gasteiger partial charge in [-0.15, -0.1) is 0 Å². The number of aromatic amines is 2. The molecule has 0 aliphatic rings. The Labute approximate surface area is 126 Å². The van der Waals surface area contributed by atoms with Gasteiger partial charge in [0.25, 0.3) is 0 Å². The normalized spacial score (nSPS) is 13.5. The number of rotatable bonds is 8. The van der Waals surface area contributed by atoms with Gasteiger partial charge in [-0.3, -0.25) is 0 Å². The van der Waals surface area contributed by atoms with Crippen molar-refractivity contribution in [2.75, 3.05) is 13.9 Å². The number of H-pyrrole nitrogens is 2. The molecule has 0 saturated carbocycles. The van der Waals surface area contributed by atoms with Gasteiger partial charge in [0, 0.05) is 43.0 Å². The Hall–Kier alpha value is -2.58. The van der Waals surface area contributed by atoms with Crippen LogP contribution in [-0.4, -0.2) is 40.9 Å². The van der Waals surface area contributed by atoms with E-state index in [-0.39, 0.29) is 0 Å². The summed E-state index contributed by atoms with van der Waals surface area (Å²) in [7, 11) is 1.37. The van der Waals surface area contributed by atoms with Gasteiger partial charge in [-0.2, -0.15) is 0 Å². The standard InChI is InChI=1S/C14H16N2O6/c1-20-12(10-3-5-16-7-10)14(19)22-8-21-11(13(17)18)9-2-4-15-6-9/h2-7,11-12,15-16H,8H2,1H3,(H,17,18)/t11-,12+/m0/s1. The minimum atomic E-state index is -1.22. The van der Waals surface area contributed by atoms with Crippen LogP contribution in [0.2, 0.25) is 0 Å². The van der Waals surface area contributed by atoms with E-state index in [1.807, 2.05) is 0 Å². The highest BCUT2D eigenvalue weighted by atomic mass is 16.7. The fourth-order valence-corrected chi connectivity index (χ4v) is 1.91. The van der Waals surface area contributed by atoms with Crippen molar-refractivity contribution in [1.29, 1.82) is 0 Å². The van der Waals surface area contributed by atoms with Crippen molar-refractivity contribution in [3.05, 3.63) is 48.0 Å². The summed E-state index contributed by atoms with van der Waals surface area (Å²) < 4.78 is 15.1. The fraction of sp³-hybridized carbons (Fsp3) is 0.286. The molecule has 0 amide bonds. The number of hydrogen-bond donors (Lipinski definition) is 3. The van der Waals surface area contributed by atoms with Crippen molar-refractivity contribution in [2.45, 2.75) is 12.2 Å².